The number of fused-ring (bicyclic) bond motifs is 2. The zero-order chi connectivity index (χ0) is 20.8. The predicted molar refractivity (Wildman–Crippen MR) is 109 cm³/mol. The van der Waals surface area contributed by atoms with E-state index in [0.29, 0.717) is 27.6 Å². The average molecular weight is 402 g/mol. The average Bonchev–Trinajstić information content (AvgIpc) is 3.34. The van der Waals surface area contributed by atoms with Crippen LogP contribution in [0.4, 0.5) is 4.39 Å². The molecule has 0 atom stereocenters. The summed E-state index contributed by atoms with van der Waals surface area (Å²) < 4.78 is 20.7. The summed E-state index contributed by atoms with van der Waals surface area (Å²) in [6.45, 7) is 1.86. The molecule has 0 amide bonds. The van der Waals surface area contributed by atoms with Gasteiger partial charge in [-0.2, -0.15) is 0 Å². The van der Waals surface area contributed by atoms with Gasteiger partial charge in [-0.25, -0.2) is 19.2 Å². The lowest BCUT2D eigenvalue weighted by atomic mass is 10.1. The molecule has 148 valence electrons. The van der Waals surface area contributed by atoms with Crippen LogP contribution in [0.15, 0.2) is 54.9 Å². The van der Waals surface area contributed by atoms with Crippen LogP contribution in [0.1, 0.15) is 16.1 Å². The topological polar surface area (TPSA) is 104 Å². The van der Waals surface area contributed by atoms with Gasteiger partial charge in [-0.1, -0.05) is 12.1 Å². The van der Waals surface area contributed by atoms with Gasteiger partial charge in [0.2, 0.25) is 5.88 Å². The first-order valence-electron chi connectivity index (χ1n) is 9.13. The molecule has 0 aliphatic heterocycles. The van der Waals surface area contributed by atoms with E-state index in [-0.39, 0.29) is 17.2 Å². The van der Waals surface area contributed by atoms with Crippen molar-refractivity contribution in [2.45, 2.75) is 6.92 Å². The highest BCUT2D eigenvalue weighted by molar-refractivity contribution is 5.90. The minimum Gasteiger partial charge on any atom is -0.478 e. The summed E-state index contributed by atoms with van der Waals surface area (Å²) in [4.78, 5) is 25.7. The van der Waals surface area contributed by atoms with Gasteiger partial charge >= 0.3 is 5.97 Å². The van der Waals surface area contributed by atoms with Gasteiger partial charge in [-0.3, -0.25) is 0 Å². The van der Waals surface area contributed by atoms with Gasteiger partial charge < -0.3 is 19.8 Å². The molecule has 30 heavy (non-hydrogen) atoms. The van der Waals surface area contributed by atoms with Crippen molar-refractivity contribution in [2.24, 2.45) is 0 Å². The predicted octanol–water partition coefficient (Wildman–Crippen LogP) is 5.04. The highest BCUT2D eigenvalue weighted by atomic mass is 19.1. The normalized spacial score (nSPS) is 11.3. The highest BCUT2D eigenvalue weighted by Gasteiger charge is 2.16. The Morgan fingerprint density at radius 1 is 1.03 bits per heavy atom. The van der Waals surface area contributed by atoms with Crippen molar-refractivity contribution in [3.05, 3.63) is 71.9 Å². The Labute approximate surface area is 169 Å². The van der Waals surface area contributed by atoms with E-state index in [1.807, 2.05) is 6.92 Å². The highest BCUT2D eigenvalue weighted by Crippen LogP contribution is 2.34. The largest absolute Gasteiger partial charge is 0.478 e. The molecule has 0 aliphatic carbocycles. The lowest BCUT2D eigenvalue weighted by Gasteiger charge is -2.07. The van der Waals surface area contributed by atoms with Crippen LogP contribution < -0.4 is 4.74 Å². The Morgan fingerprint density at radius 3 is 2.60 bits per heavy atom. The van der Waals surface area contributed by atoms with Gasteiger partial charge in [-0.05, 0) is 48.9 Å². The van der Waals surface area contributed by atoms with Crippen LogP contribution in [0.25, 0.3) is 33.2 Å². The van der Waals surface area contributed by atoms with E-state index >= 15 is 0 Å². The second kappa shape index (κ2) is 6.70. The van der Waals surface area contributed by atoms with Gasteiger partial charge in [-0.15, -0.1) is 0 Å². The number of carbonyl (C=O) groups is 1. The van der Waals surface area contributed by atoms with Crippen molar-refractivity contribution in [3.63, 3.8) is 0 Å². The zero-order valence-electron chi connectivity index (χ0n) is 15.7. The molecule has 3 aromatic heterocycles. The number of aryl methyl sites for hydroxylation is 1. The number of aromatic carboxylic acids is 1. The number of rotatable bonds is 4. The van der Waals surface area contributed by atoms with Crippen molar-refractivity contribution in [2.75, 3.05) is 0 Å². The fourth-order valence-electron chi connectivity index (χ4n) is 3.42. The molecular weight excluding hydrogens is 387 g/mol. The molecule has 3 heterocycles. The third kappa shape index (κ3) is 2.95. The molecule has 8 heteroatoms. The van der Waals surface area contributed by atoms with E-state index in [1.165, 1.54) is 18.5 Å². The summed E-state index contributed by atoms with van der Waals surface area (Å²) in [6.07, 6.45) is 1.34. The van der Waals surface area contributed by atoms with E-state index in [2.05, 4.69) is 19.9 Å². The summed E-state index contributed by atoms with van der Waals surface area (Å²) >= 11 is 0. The number of aromatic nitrogens is 4. The number of H-pyrrole nitrogens is 2. The Kier molecular flexibility index (Phi) is 3.99. The molecule has 0 bridgehead atoms. The minimum absolute atomic E-state index is 0.0649. The third-order valence-corrected chi connectivity index (χ3v) is 4.88. The first kappa shape index (κ1) is 17.9. The number of benzene rings is 2. The number of hydrogen-bond donors (Lipinski definition) is 3. The maximum absolute atomic E-state index is 14.9. The van der Waals surface area contributed by atoms with Gasteiger partial charge in [0.05, 0.1) is 10.9 Å². The van der Waals surface area contributed by atoms with Crippen LogP contribution in [-0.2, 0) is 0 Å². The van der Waals surface area contributed by atoms with Crippen LogP contribution in [-0.4, -0.2) is 31.0 Å². The molecule has 5 rings (SSSR count). The molecule has 0 fully saturated rings. The smallest absolute Gasteiger partial charge is 0.335 e. The Balaban J connectivity index is 1.54. The lowest BCUT2D eigenvalue weighted by molar-refractivity contribution is 0.0697. The van der Waals surface area contributed by atoms with Crippen molar-refractivity contribution in [3.8, 4) is 22.9 Å². The second-order valence-electron chi connectivity index (χ2n) is 6.90. The van der Waals surface area contributed by atoms with E-state index in [9.17, 15) is 9.18 Å². The van der Waals surface area contributed by atoms with Crippen molar-refractivity contribution in [1.82, 2.24) is 19.9 Å². The fraction of sp³-hybridized carbons (Fsp3) is 0.0455. The monoisotopic (exact) mass is 402 g/mol. The Hall–Kier alpha value is -4.20. The van der Waals surface area contributed by atoms with E-state index in [4.69, 9.17) is 9.84 Å². The van der Waals surface area contributed by atoms with E-state index in [0.717, 1.165) is 11.3 Å². The molecule has 0 saturated carbocycles. The summed E-state index contributed by atoms with van der Waals surface area (Å²) in [6, 6.07) is 13.3. The number of aromatic amines is 2. The molecule has 7 nitrogen and oxygen atoms in total. The third-order valence-electron chi connectivity index (χ3n) is 4.88. The van der Waals surface area contributed by atoms with Crippen molar-refractivity contribution < 1.29 is 19.0 Å². The number of ether oxygens (including phenoxy) is 1. The first-order chi connectivity index (χ1) is 14.5. The van der Waals surface area contributed by atoms with E-state index in [1.54, 1.807) is 36.4 Å². The Morgan fingerprint density at radius 2 is 1.83 bits per heavy atom. The summed E-state index contributed by atoms with van der Waals surface area (Å²) in [5.41, 5.74) is 3.76. The van der Waals surface area contributed by atoms with Crippen LogP contribution in [0, 0.1) is 12.7 Å². The van der Waals surface area contributed by atoms with Gasteiger partial charge in [0.25, 0.3) is 0 Å². The fourth-order valence-corrected chi connectivity index (χ4v) is 3.42. The van der Waals surface area contributed by atoms with Gasteiger partial charge in [0.15, 0.2) is 11.6 Å². The Bertz CT molecular complexity index is 1420. The summed E-state index contributed by atoms with van der Waals surface area (Å²) in [5.74, 6) is -1.18. The van der Waals surface area contributed by atoms with Crippen molar-refractivity contribution >= 4 is 27.9 Å². The second-order valence-corrected chi connectivity index (χ2v) is 6.90. The van der Waals surface area contributed by atoms with Gasteiger partial charge in [0.1, 0.15) is 12.0 Å². The number of halogens is 1. The number of carboxylic acids is 1. The van der Waals surface area contributed by atoms with Gasteiger partial charge in [0, 0.05) is 22.3 Å². The number of nitrogens with one attached hydrogen (secondary N) is 2. The molecule has 5 aromatic rings. The SMILES string of the molecule is Cc1cc2c(F)c(Oc3ncnc4[nH]c(-c5ccc(C(=O)O)cc5)cc34)ccc2[nH]1. The maximum atomic E-state index is 14.9. The molecule has 0 spiro atoms. The number of carboxylic acid groups (broad SMARTS) is 1. The van der Waals surface area contributed by atoms with Crippen LogP contribution >= 0.6 is 0 Å². The molecular formula is C22H15FN4O3. The number of nitrogens with zero attached hydrogens (tertiary/aromatic N) is 2. The molecule has 0 radical (unpaired) electrons. The molecule has 0 saturated heterocycles. The minimum atomic E-state index is -0.989. The molecule has 3 N–H and O–H groups in total. The molecule has 0 unspecified atom stereocenters. The quantitative estimate of drug-likeness (QED) is 0.390. The lowest BCUT2D eigenvalue weighted by Crippen LogP contribution is -1.94. The zero-order valence-corrected chi connectivity index (χ0v) is 15.7. The maximum Gasteiger partial charge on any atom is 0.335 e. The summed E-state index contributed by atoms with van der Waals surface area (Å²) in [7, 11) is 0. The molecule has 0 aliphatic rings. The number of hydrogen-bond acceptors (Lipinski definition) is 4. The van der Waals surface area contributed by atoms with Crippen molar-refractivity contribution in [1.29, 1.82) is 0 Å². The molecule has 2 aromatic carbocycles. The van der Waals surface area contributed by atoms with Crippen LogP contribution in [0.2, 0.25) is 0 Å². The first-order valence-corrected chi connectivity index (χ1v) is 9.13. The van der Waals surface area contributed by atoms with Crippen LogP contribution in [0.3, 0.4) is 0 Å². The standard InChI is InChI=1S/C22H15FN4O3/c1-11-8-14-16(26-11)6-7-18(19(14)23)30-21-15-9-17(27-20(15)24-10-25-21)12-2-4-13(5-3-12)22(28)29/h2-10,26H,1H3,(H,28,29)(H,24,25,27). The van der Waals surface area contributed by atoms with Crippen LogP contribution in [0.5, 0.6) is 11.6 Å². The van der Waals surface area contributed by atoms with E-state index < -0.39 is 11.8 Å². The summed E-state index contributed by atoms with van der Waals surface area (Å²) in [5, 5.41) is 10.1.